The van der Waals surface area contributed by atoms with Crippen molar-refractivity contribution in [3.05, 3.63) is 0 Å². The Bertz CT molecular complexity index is 253. The van der Waals surface area contributed by atoms with Crippen molar-refractivity contribution in [2.45, 2.75) is 63.1 Å². The Morgan fingerprint density at radius 1 is 1.12 bits per heavy atom. The molecule has 2 aliphatic carbocycles. The Labute approximate surface area is 105 Å². The quantitative estimate of drug-likeness (QED) is 0.814. The normalized spacial score (nSPS) is 37.2. The second-order valence-electron chi connectivity index (χ2n) is 6.11. The minimum absolute atomic E-state index is 0.400. The van der Waals surface area contributed by atoms with Crippen LogP contribution in [0.25, 0.3) is 0 Å². The van der Waals surface area contributed by atoms with Crippen molar-refractivity contribution >= 4 is 0 Å². The summed E-state index contributed by atoms with van der Waals surface area (Å²) in [6.07, 6.45) is 9.95. The number of ether oxygens (including phenoxy) is 1. The number of nitrogens with two attached hydrogens (primary N) is 1. The molecule has 0 bridgehead atoms. The summed E-state index contributed by atoms with van der Waals surface area (Å²) >= 11 is 0. The van der Waals surface area contributed by atoms with E-state index in [0.29, 0.717) is 18.2 Å². The van der Waals surface area contributed by atoms with Crippen LogP contribution in [-0.4, -0.2) is 42.8 Å². The van der Waals surface area contributed by atoms with Gasteiger partial charge in [-0.2, -0.15) is 0 Å². The zero-order valence-electron chi connectivity index (χ0n) is 10.8. The van der Waals surface area contributed by atoms with Crippen molar-refractivity contribution < 1.29 is 4.74 Å². The van der Waals surface area contributed by atoms with Gasteiger partial charge in [0.1, 0.15) is 0 Å². The zero-order chi connectivity index (χ0) is 11.7. The molecule has 0 aromatic rings. The average molecular weight is 238 g/mol. The first-order chi connectivity index (χ1) is 8.34. The van der Waals surface area contributed by atoms with Gasteiger partial charge in [0.15, 0.2) is 0 Å². The van der Waals surface area contributed by atoms with Gasteiger partial charge in [-0.1, -0.05) is 12.8 Å². The Hall–Kier alpha value is -0.120. The maximum atomic E-state index is 6.41. The minimum Gasteiger partial charge on any atom is -0.375 e. The molecule has 1 heterocycles. The third kappa shape index (κ3) is 2.51. The first-order valence-corrected chi connectivity index (χ1v) is 7.46. The fourth-order valence-electron chi connectivity index (χ4n) is 4.04. The molecular formula is C14H26N2O. The molecule has 1 saturated heterocycles. The van der Waals surface area contributed by atoms with Crippen LogP contribution in [0.3, 0.4) is 0 Å². The molecule has 3 aliphatic rings. The predicted octanol–water partition coefficient (Wildman–Crippen LogP) is 1.76. The van der Waals surface area contributed by atoms with Crippen LogP contribution >= 0.6 is 0 Å². The molecular weight excluding hydrogens is 212 g/mol. The Morgan fingerprint density at radius 2 is 1.94 bits per heavy atom. The molecule has 2 N–H and O–H groups in total. The number of morpholine rings is 1. The molecule has 3 atom stereocenters. The van der Waals surface area contributed by atoms with Gasteiger partial charge in [0, 0.05) is 25.2 Å². The monoisotopic (exact) mass is 238 g/mol. The molecule has 1 aliphatic heterocycles. The van der Waals surface area contributed by atoms with E-state index in [0.717, 1.165) is 25.6 Å². The summed E-state index contributed by atoms with van der Waals surface area (Å²) in [4.78, 5) is 2.63. The summed E-state index contributed by atoms with van der Waals surface area (Å²) in [5.41, 5.74) is 6.41. The summed E-state index contributed by atoms with van der Waals surface area (Å²) in [6, 6.07) is 1.08. The molecule has 0 aromatic heterocycles. The van der Waals surface area contributed by atoms with E-state index >= 15 is 0 Å². The maximum Gasteiger partial charge on any atom is 0.0730 e. The van der Waals surface area contributed by atoms with Crippen LogP contribution in [0.15, 0.2) is 0 Å². The van der Waals surface area contributed by atoms with E-state index < -0.39 is 0 Å². The smallest absolute Gasteiger partial charge is 0.0730 e. The van der Waals surface area contributed by atoms with Gasteiger partial charge in [-0.05, 0) is 38.0 Å². The lowest BCUT2D eigenvalue weighted by Gasteiger charge is -2.39. The number of fused-ring (bicyclic) bond motifs is 1. The summed E-state index contributed by atoms with van der Waals surface area (Å²) < 4.78 is 5.86. The topological polar surface area (TPSA) is 38.5 Å². The van der Waals surface area contributed by atoms with Gasteiger partial charge in [0.2, 0.25) is 0 Å². The van der Waals surface area contributed by atoms with Gasteiger partial charge < -0.3 is 10.5 Å². The van der Waals surface area contributed by atoms with Crippen LogP contribution in [-0.2, 0) is 4.74 Å². The summed E-state index contributed by atoms with van der Waals surface area (Å²) in [5, 5.41) is 0. The van der Waals surface area contributed by atoms with Crippen molar-refractivity contribution in [1.82, 2.24) is 4.90 Å². The van der Waals surface area contributed by atoms with E-state index in [1.807, 2.05) is 0 Å². The van der Waals surface area contributed by atoms with Crippen molar-refractivity contribution in [2.24, 2.45) is 11.7 Å². The molecule has 98 valence electrons. The highest BCUT2D eigenvalue weighted by Gasteiger charge is 2.37. The molecule has 3 heteroatoms. The van der Waals surface area contributed by atoms with Gasteiger partial charge in [-0.25, -0.2) is 0 Å². The van der Waals surface area contributed by atoms with Crippen LogP contribution in [0, 0.1) is 5.92 Å². The molecule has 3 rings (SSSR count). The minimum atomic E-state index is 0.400. The molecule has 3 fully saturated rings. The predicted molar refractivity (Wildman–Crippen MR) is 68.9 cm³/mol. The van der Waals surface area contributed by atoms with E-state index in [9.17, 15) is 0 Å². The van der Waals surface area contributed by atoms with Crippen molar-refractivity contribution in [3.63, 3.8) is 0 Å². The average Bonchev–Trinajstić information content (AvgIpc) is 3.00. The second-order valence-corrected chi connectivity index (χ2v) is 6.11. The van der Waals surface area contributed by atoms with Crippen molar-refractivity contribution in [3.8, 4) is 0 Å². The first-order valence-electron chi connectivity index (χ1n) is 7.46. The number of hydrogen-bond acceptors (Lipinski definition) is 3. The maximum absolute atomic E-state index is 6.41. The fraction of sp³-hybridized carbons (Fsp3) is 1.00. The first kappa shape index (κ1) is 11.9. The number of rotatable bonds is 3. The Morgan fingerprint density at radius 3 is 2.76 bits per heavy atom. The molecule has 3 unspecified atom stereocenters. The highest BCUT2D eigenvalue weighted by atomic mass is 16.5. The van der Waals surface area contributed by atoms with Crippen molar-refractivity contribution in [2.75, 3.05) is 19.7 Å². The lowest BCUT2D eigenvalue weighted by atomic mass is 9.97. The standard InChI is InChI=1S/C14H26N2O/c15-12(11-4-1-2-5-11)10-16-8-9-17-14-7-3-6-13(14)16/h11-14H,1-10,15H2. The highest BCUT2D eigenvalue weighted by molar-refractivity contribution is 4.91. The molecule has 0 spiro atoms. The van der Waals surface area contributed by atoms with Gasteiger partial charge in [0.25, 0.3) is 0 Å². The zero-order valence-corrected chi connectivity index (χ0v) is 10.8. The molecule has 2 saturated carbocycles. The van der Waals surface area contributed by atoms with E-state index in [1.54, 1.807) is 0 Å². The van der Waals surface area contributed by atoms with Gasteiger partial charge in [0.05, 0.1) is 12.7 Å². The fourth-order valence-corrected chi connectivity index (χ4v) is 4.04. The van der Waals surface area contributed by atoms with E-state index in [2.05, 4.69) is 4.90 Å². The number of nitrogens with zero attached hydrogens (tertiary/aromatic N) is 1. The molecule has 0 radical (unpaired) electrons. The van der Waals surface area contributed by atoms with Crippen LogP contribution in [0.4, 0.5) is 0 Å². The molecule has 0 aromatic carbocycles. The third-order valence-corrected chi connectivity index (χ3v) is 5.05. The SMILES string of the molecule is NC(CN1CCOC2CCCC21)C1CCCC1. The van der Waals surface area contributed by atoms with E-state index in [1.165, 1.54) is 44.9 Å². The van der Waals surface area contributed by atoms with Gasteiger partial charge >= 0.3 is 0 Å². The van der Waals surface area contributed by atoms with E-state index in [-0.39, 0.29) is 0 Å². The number of hydrogen-bond donors (Lipinski definition) is 1. The largest absolute Gasteiger partial charge is 0.375 e. The van der Waals surface area contributed by atoms with Crippen LogP contribution in [0.1, 0.15) is 44.9 Å². The Balaban J connectivity index is 1.56. The van der Waals surface area contributed by atoms with Crippen LogP contribution < -0.4 is 5.73 Å². The van der Waals surface area contributed by atoms with Crippen molar-refractivity contribution in [1.29, 1.82) is 0 Å². The van der Waals surface area contributed by atoms with Crippen LogP contribution in [0.5, 0.6) is 0 Å². The van der Waals surface area contributed by atoms with Gasteiger partial charge in [-0.15, -0.1) is 0 Å². The lowest BCUT2D eigenvalue weighted by molar-refractivity contribution is -0.0585. The molecule has 17 heavy (non-hydrogen) atoms. The van der Waals surface area contributed by atoms with Crippen LogP contribution in [0.2, 0.25) is 0 Å². The molecule has 0 amide bonds. The molecule has 3 nitrogen and oxygen atoms in total. The Kier molecular flexibility index (Phi) is 3.69. The summed E-state index contributed by atoms with van der Waals surface area (Å²) in [7, 11) is 0. The second kappa shape index (κ2) is 5.25. The lowest BCUT2D eigenvalue weighted by Crippen LogP contribution is -2.53. The summed E-state index contributed by atoms with van der Waals surface area (Å²) in [6.45, 7) is 3.12. The van der Waals surface area contributed by atoms with E-state index in [4.69, 9.17) is 10.5 Å². The summed E-state index contributed by atoms with van der Waals surface area (Å²) in [5.74, 6) is 0.790. The van der Waals surface area contributed by atoms with Gasteiger partial charge in [-0.3, -0.25) is 4.90 Å². The highest BCUT2D eigenvalue weighted by Crippen LogP contribution is 2.32. The third-order valence-electron chi connectivity index (χ3n) is 5.05.